The van der Waals surface area contributed by atoms with Crippen LogP contribution in [0.15, 0.2) is 42.5 Å². The Balaban J connectivity index is 2.01. The molecule has 1 aliphatic rings. The van der Waals surface area contributed by atoms with Gasteiger partial charge in [0.1, 0.15) is 6.17 Å². The van der Waals surface area contributed by atoms with Gasteiger partial charge in [-0.15, -0.1) is 0 Å². The van der Waals surface area contributed by atoms with E-state index in [1.54, 1.807) is 7.11 Å². The van der Waals surface area contributed by atoms with Crippen molar-refractivity contribution in [3.63, 3.8) is 0 Å². The summed E-state index contributed by atoms with van der Waals surface area (Å²) in [5, 5.41) is 3.53. The largest absolute Gasteiger partial charge is 0.493 e. The van der Waals surface area contributed by atoms with Crippen LogP contribution in [0.25, 0.3) is 0 Å². The lowest BCUT2D eigenvalue weighted by atomic mass is 10.0. The molecule has 3 rings (SSSR count). The van der Waals surface area contributed by atoms with E-state index in [0.29, 0.717) is 17.9 Å². The fraction of sp³-hybridized carbons (Fsp3) is 0.409. The summed E-state index contributed by atoms with van der Waals surface area (Å²) in [4.78, 5) is 15.1. The average Bonchev–Trinajstić information content (AvgIpc) is 2.71. The number of amides is 1. The molecular formula is C22H28N2O3. The van der Waals surface area contributed by atoms with Gasteiger partial charge in [0.25, 0.3) is 5.91 Å². The number of fused-ring (bicyclic) bond motifs is 1. The monoisotopic (exact) mass is 368 g/mol. The topological polar surface area (TPSA) is 50.8 Å². The molecule has 1 heterocycles. The number of carbonyl (C=O) groups excluding carboxylic acids is 1. The van der Waals surface area contributed by atoms with Gasteiger partial charge >= 0.3 is 0 Å². The van der Waals surface area contributed by atoms with Crippen LogP contribution in [0, 0.1) is 0 Å². The highest BCUT2D eigenvalue weighted by Crippen LogP contribution is 2.38. The Bertz CT molecular complexity index is 806. The minimum Gasteiger partial charge on any atom is -0.493 e. The number of para-hydroxylation sites is 1. The second-order valence-corrected chi connectivity index (χ2v) is 6.82. The van der Waals surface area contributed by atoms with Crippen LogP contribution >= 0.6 is 0 Å². The molecule has 27 heavy (non-hydrogen) atoms. The Labute approximate surface area is 161 Å². The third kappa shape index (κ3) is 3.72. The lowest BCUT2D eigenvalue weighted by molar-refractivity contribution is 0.0593. The fourth-order valence-electron chi connectivity index (χ4n) is 3.35. The summed E-state index contributed by atoms with van der Waals surface area (Å²) in [6, 6.07) is 13.6. The second kappa shape index (κ2) is 8.33. The van der Waals surface area contributed by atoms with Gasteiger partial charge in [0.15, 0.2) is 11.5 Å². The number of benzene rings is 2. The van der Waals surface area contributed by atoms with E-state index in [1.807, 2.05) is 47.4 Å². The molecule has 0 unspecified atom stereocenters. The highest BCUT2D eigenvalue weighted by molar-refractivity contribution is 6.01. The summed E-state index contributed by atoms with van der Waals surface area (Å²) in [6.45, 7) is 6.89. The van der Waals surface area contributed by atoms with Crippen molar-refractivity contribution in [1.29, 1.82) is 0 Å². The SMILES string of the molecule is CCCOc1ccc([C@@H]2Nc3ccccc3C(=O)N2[C@H](C)CC)cc1OC. The van der Waals surface area contributed by atoms with Crippen LogP contribution in [0.1, 0.15) is 55.7 Å². The van der Waals surface area contributed by atoms with E-state index in [0.717, 1.165) is 29.8 Å². The van der Waals surface area contributed by atoms with Crippen LogP contribution in [0.4, 0.5) is 5.69 Å². The highest BCUT2D eigenvalue weighted by Gasteiger charge is 2.35. The van der Waals surface area contributed by atoms with Crippen LogP contribution in [-0.4, -0.2) is 30.6 Å². The molecule has 0 spiro atoms. The van der Waals surface area contributed by atoms with Gasteiger partial charge in [0.2, 0.25) is 0 Å². The molecular weight excluding hydrogens is 340 g/mol. The van der Waals surface area contributed by atoms with E-state index in [1.165, 1.54) is 0 Å². The third-order valence-corrected chi connectivity index (χ3v) is 4.99. The molecule has 1 amide bonds. The van der Waals surface area contributed by atoms with Crippen molar-refractivity contribution >= 4 is 11.6 Å². The van der Waals surface area contributed by atoms with Crippen molar-refractivity contribution in [3.8, 4) is 11.5 Å². The molecule has 0 aliphatic carbocycles. The molecule has 5 nitrogen and oxygen atoms in total. The number of anilines is 1. The Morgan fingerprint density at radius 3 is 2.63 bits per heavy atom. The molecule has 5 heteroatoms. The predicted octanol–water partition coefficient (Wildman–Crippen LogP) is 4.85. The van der Waals surface area contributed by atoms with Gasteiger partial charge in [-0.2, -0.15) is 0 Å². The van der Waals surface area contributed by atoms with Crippen molar-refractivity contribution in [2.75, 3.05) is 19.0 Å². The number of methoxy groups -OCH3 is 1. The van der Waals surface area contributed by atoms with E-state index in [9.17, 15) is 4.79 Å². The molecule has 1 N–H and O–H groups in total. The van der Waals surface area contributed by atoms with Crippen molar-refractivity contribution in [3.05, 3.63) is 53.6 Å². The number of hydrogen-bond donors (Lipinski definition) is 1. The lowest BCUT2D eigenvalue weighted by Gasteiger charge is -2.41. The Hall–Kier alpha value is -2.69. The zero-order valence-corrected chi connectivity index (χ0v) is 16.5. The molecule has 2 aromatic rings. The summed E-state index contributed by atoms with van der Waals surface area (Å²) < 4.78 is 11.3. The minimum absolute atomic E-state index is 0.0500. The summed E-state index contributed by atoms with van der Waals surface area (Å²) in [7, 11) is 1.64. The van der Waals surface area contributed by atoms with Gasteiger partial charge in [-0.1, -0.05) is 32.0 Å². The van der Waals surface area contributed by atoms with Crippen LogP contribution in [0.5, 0.6) is 11.5 Å². The number of nitrogens with zero attached hydrogens (tertiary/aromatic N) is 1. The molecule has 2 atom stereocenters. The Kier molecular flexibility index (Phi) is 5.89. The number of carbonyl (C=O) groups is 1. The van der Waals surface area contributed by atoms with Crippen molar-refractivity contribution in [2.45, 2.75) is 45.8 Å². The van der Waals surface area contributed by atoms with Crippen molar-refractivity contribution in [1.82, 2.24) is 4.90 Å². The van der Waals surface area contributed by atoms with Crippen LogP contribution in [0.2, 0.25) is 0 Å². The number of rotatable bonds is 7. The molecule has 0 fully saturated rings. The smallest absolute Gasteiger partial charge is 0.258 e. The zero-order chi connectivity index (χ0) is 19.4. The van der Waals surface area contributed by atoms with E-state index >= 15 is 0 Å². The summed E-state index contributed by atoms with van der Waals surface area (Å²) in [5.41, 5.74) is 2.54. The lowest BCUT2D eigenvalue weighted by Crippen LogP contribution is -2.47. The standard InChI is InChI=1S/C22H28N2O3/c1-5-13-27-19-12-11-16(14-20(19)26-4)21-23-18-10-8-7-9-17(18)22(25)24(21)15(3)6-2/h7-12,14-15,21,23H,5-6,13H2,1-4H3/t15-,21-/m1/s1. The maximum absolute atomic E-state index is 13.2. The van der Waals surface area contributed by atoms with Gasteiger partial charge in [-0.05, 0) is 49.6 Å². The van der Waals surface area contributed by atoms with E-state index < -0.39 is 0 Å². The summed E-state index contributed by atoms with van der Waals surface area (Å²) >= 11 is 0. The van der Waals surface area contributed by atoms with Crippen molar-refractivity contribution < 1.29 is 14.3 Å². The summed E-state index contributed by atoms with van der Waals surface area (Å²) in [6.07, 6.45) is 1.56. The van der Waals surface area contributed by atoms with Gasteiger partial charge in [-0.25, -0.2) is 0 Å². The first-order valence-corrected chi connectivity index (χ1v) is 9.59. The molecule has 0 saturated carbocycles. The average molecular weight is 368 g/mol. The van der Waals surface area contributed by atoms with Crippen LogP contribution < -0.4 is 14.8 Å². The number of nitrogens with one attached hydrogen (secondary N) is 1. The molecule has 0 radical (unpaired) electrons. The van der Waals surface area contributed by atoms with E-state index in [-0.39, 0.29) is 18.1 Å². The van der Waals surface area contributed by atoms with Gasteiger partial charge < -0.3 is 19.7 Å². The molecule has 0 aromatic heterocycles. The van der Waals surface area contributed by atoms with Crippen LogP contribution in [-0.2, 0) is 0 Å². The normalized spacial score (nSPS) is 17.1. The quantitative estimate of drug-likeness (QED) is 0.759. The Morgan fingerprint density at radius 2 is 1.93 bits per heavy atom. The maximum atomic E-state index is 13.2. The predicted molar refractivity (Wildman–Crippen MR) is 108 cm³/mol. The first-order valence-electron chi connectivity index (χ1n) is 9.59. The number of hydrogen-bond acceptors (Lipinski definition) is 4. The van der Waals surface area contributed by atoms with E-state index in [4.69, 9.17) is 9.47 Å². The summed E-state index contributed by atoms with van der Waals surface area (Å²) in [5.74, 6) is 1.45. The number of ether oxygens (including phenoxy) is 2. The molecule has 144 valence electrons. The van der Waals surface area contributed by atoms with Gasteiger partial charge in [-0.3, -0.25) is 4.79 Å². The third-order valence-electron chi connectivity index (χ3n) is 4.99. The van der Waals surface area contributed by atoms with E-state index in [2.05, 4.69) is 26.1 Å². The molecule has 1 aliphatic heterocycles. The maximum Gasteiger partial charge on any atom is 0.258 e. The molecule has 2 aromatic carbocycles. The molecule has 0 bridgehead atoms. The van der Waals surface area contributed by atoms with Crippen LogP contribution in [0.3, 0.4) is 0 Å². The first-order chi connectivity index (χ1) is 13.1. The first kappa shape index (κ1) is 19.1. The zero-order valence-electron chi connectivity index (χ0n) is 16.5. The van der Waals surface area contributed by atoms with Gasteiger partial charge in [0, 0.05) is 11.7 Å². The van der Waals surface area contributed by atoms with Gasteiger partial charge in [0.05, 0.1) is 19.3 Å². The Morgan fingerprint density at radius 1 is 1.15 bits per heavy atom. The minimum atomic E-state index is -0.253. The van der Waals surface area contributed by atoms with Crippen molar-refractivity contribution in [2.24, 2.45) is 0 Å². The highest BCUT2D eigenvalue weighted by atomic mass is 16.5. The molecule has 0 saturated heterocycles. The fourth-order valence-corrected chi connectivity index (χ4v) is 3.35. The second-order valence-electron chi connectivity index (χ2n) is 6.82.